The topological polar surface area (TPSA) is 66.5 Å². The lowest BCUT2D eigenvalue weighted by Gasteiger charge is -2.42. The summed E-state index contributed by atoms with van der Waals surface area (Å²) < 4.78 is 0. The van der Waals surface area contributed by atoms with Crippen LogP contribution in [0, 0.1) is 5.41 Å². The fourth-order valence-corrected chi connectivity index (χ4v) is 1.51. The smallest absolute Gasteiger partial charge is 0.252 e. The van der Waals surface area contributed by atoms with Crippen LogP contribution >= 0.6 is 0 Å². The lowest BCUT2D eigenvalue weighted by molar-refractivity contribution is -0.159. The standard InChI is InChI=1S/C11H18N2O3/c1-10(2,3)9(16)13-6-7(14)12-8(15)11(13,4)5/h6H2,1-5H3,(H,12,14,15). The van der Waals surface area contributed by atoms with Crippen molar-refractivity contribution >= 4 is 17.7 Å². The molecule has 1 N–H and O–H groups in total. The molecule has 5 heteroatoms. The van der Waals surface area contributed by atoms with E-state index in [0.717, 1.165) is 0 Å². The molecule has 0 aliphatic carbocycles. The van der Waals surface area contributed by atoms with Crippen LogP contribution < -0.4 is 5.32 Å². The Kier molecular flexibility index (Phi) is 2.83. The first-order chi connectivity index (χ1) is 7.06. The van der Waals surface area contributed by atoms with Gasteiger partial charge in [0.15, 0.2) is 0 Å². The zero-order valence-electron chi connectivity index (χ0n) is 10.4. The van der Waals surface area contributed by atoms with Crippen LogP contribution in [-0.4, -0.2) is 34.7 Å². The second kappa shape index (κ2) is 3.57. The molecular weight excluding hydrogens is 208 g/mol. The number of carbonyl (C=O) groups excluding carboxylic acids is 3. The molecule has 1 aliphatic rings. The number of piperazine rings is 1. The van der Waals surface area contributed by atoms with Gasteiger partial charge < -0.3 is 4.90 Å². The van der Waals surface area contributed by atoms with Crippen molar-refractivity contribution < 1.29 is 14.4 Å². The predicted octanol–water partition coefficient (Wildman–Crippen LogP) is 0.296. The molecule has 0 saturated carbocycles. The molecule has 16 heavy (non-hydrogen) atoms. The molecule has 0 bridgehead atoms. The maximum absolute atomic E-state index is 12.1. The van der Waals surface area contributed by atoms with Crippen molar-refractivity contribution in [2.45, 2.75) is 40.2 Å². The van der Waals surface area contributed by atoms with E-state index in [9.17, 15) is 14.4 Å². The number of hydrogen-bond acceptors (Lipinski definition) is 3. The molecule has 90 valence electrons. The van der Waals surface area contributed by atoms with E-state index in [1.54, 1.807) is 34.6 Å². The quantitative estimate of drug-likeness (QED) is 0.604. The molecule has 0 aromatic carbocycles. The zero-order valence-corrected chi connectivity index (χ0v) is 10.4. The van der Waals surface area contributed by atoms with Gasteiger partial charge in [0.05, 0.1) is 0 Å². The van der Waals surface area contributed by atoms with E-state index in [1.165, 1.54) is 4.90 Å². The van der Waals surface area contributed by atoms with Crippen molar-refractivity contribution in [2.75, 3.05) is 6.54 Å². The average Bonchev–Trinajstić information content (AvgIpc) is 2.09. The Morgan fingerprint density at radius 3 is 2.25 bits per heavy atom. The Labute approximate surface area is 95.2 Å². The van der Waals surface area contributed by atoms with Gasteiger partial charge in [-0.25, -0.2) is 0 Å². The van der Waals surface area contributed by atoms with Crippen LogP contribution in [0.4, 0.5) is 0 Å². The maximum atomic E-state index is 12.1. The molecule has 1 fully saturated rings. The molecule has 0 unspecified atom stereocenters. The predicted molar refractivity (Wildman–Crippen MR) is 58.4 cm³/mol. The molecule has 0 aromatic heterocycles. The molecular formula is C11H18N2O3. The average molecular weight is 226 g/mol. The van der Waals surface area contributed by atoms with E-state index < -0.39 is 22.8 Å². The molecule has 0 spiro atoms. The summed E-state index contributed by atoms with van der Waals surface area (Å²) in [5.41, 5.74) is -1.58. The number of amides is 3. The molecule has 1 rings (SSSR count). The third-order valence-electron chi connectivity index (χ3n) is 2.67. The molecule has 1 saturated heterocycles. The molecule has 5 nitrogen and oxygen atoms in total. The summed E-state index contributed by atoms with van der Waals surface area (Å²) in [5, 5.41) is 2.23. The van der Waals surface area contributed by atoms with Crippen molar-refractivity contribution in [1.82, 2.24) is 10.2 Å². The third-order valence-corrected chi connectivity index (χ3v) is 2.67. The van der Waals surface area contributed by atoms with Crippen LogP contribution in [0.3, 0.4) is 0 Å². The highest BCUT2D eigenvalue weighted by atomic mass is 16.2. The molecule has 0 radical (unpaired) electrons. The zero-order chi connectivity index (χ0) is 12.7. The van der Waals surface area contributed by atoms with Crippen molar-refractivity contribution in [1.29, 1.82) is 0 Å². The molecule has 0 atom stereocenters. The number of nitrogens with zero attached hydrogens (tertiary/aromatic N) is 1. The van der Waals surface area contributed by atoms with Crippen LogP contribution in [0.15, 0.2) is 0 Å². The van der Waals surface area contributed by atoms with Gasteiger partial charge >= 0.3 is 0 Å². The number of rotatable bonds is 0. The summed E-state index contributed by atoms with van der Waals surface area (Å²) in [4.78, 5) is 36.4. The van der Waals surface area contributed by atoms with Crippen LogP contribution in [0.25, 0.3) is 0 Å². The lowest BCUT2D eigenvalue weighted by atomic mass is 9.89. The van der Waals surface area contributed by atoms with E-state index in [0.29, 0.717) is 0 Å². The Bertz CT molecular complexity index is 353. The minimum absolute atomic E-state index is 0.0607. The first-order valence-corrected chi connectivity index (χ1v) is 5.23. The second-order valence-corrected chi connectivity index (χ2v) is 5.58. The molecule has 1 aliphatic heterocycles. The van der Waals surface area contributed by atoms with Gasteiger partial charge in [-0.05, 0) is 13.8 Å². The lowest BCUT2D eigenvalue weighted by Crippen LogP contribution is -2.66. The van der Waals surface area contributed by atoms with Gasteiger partial charge in [-0.1, -0.05) is 20.8 Å². The Balaban J connectivity index is 3.06. The molecule has 0 aromatic rings. The van der Waals surface area contributed by atoms with E-state index in [1.807, 2.05) is 0 Å². The van der Waals surface area contributed by atoms with Gasteiger partial charge in [0.25, 0.3) is 5.91 Å². The van der Waals surface area contributed by atoms with Gasteiger partial charge in [0.2, 0.25) is 11.8 Å². The van der Waals surface area contributed by atoms with Gasteiger partial charge in [-0.2, -0.15) is 0 Å². The molecule has 3 amide bonds. The summed E-state index contributed by atoms with van der Waals surface area (Å²) in [6.07, 6.45) is 0. The Morgan fingerprint density at radius 1 is 1.31 bits per heavy atom. The number of imide groups is 1. The first-order valence-electron chi connectivity index (χ1n) is 5.23. The molecule has 1 heterocycles. The largest absolute Gasteiger partial charge is 0.319 e. The van der Waals surface area contributed by atoms with Gasteiger partial charge in [-0.3, -0.25) is 19.7 Å². The summed E-state index contributed by atoms with van der Waals surface area (Å²) in [6.45, 7) is 8.51. The van der Waals surface area contributed by atoms with E-state index >= 15 is 0 Å². The number of carbonyl (C=O) groups is 3. The number of hydrogen-bond donors (Lipinski definition) is 1. The van der Waals surface area contributed by atoms with Crippen LogP contribution in [0.5, 0.6) is 0 Å². The highest BCUT2D eigenvalue weighted by Crippen LogP contribution is 2.25. The highest BCUT2D eigenvalue weighted by Gasteiger charge is 2.45. The summed E-state index contributed by atoms with van der Waals surface area (Å²) in [7, 11) is 0. The van der Waals surface area contributed by atoms with Gasteiger partial charge in [0.1, 0.15) is 12.1 Å². The van der Waals surface area contributed by atoms with Gasteiger partial charge in [0, 0.05) is 5.41 Å². The third kappa shape index (κ3) is 2.08. The fourth-order valence-electron chi connectivity index (χ4n) is 1.51. The van der Waals surface area contributed by atoms with Crippen molar-refractivity contribution in [3.63, 3.8) is 0 Å². The summed E-state index contributed by atoms with van der Waals surface area (Å²) in [6, 6.07) is 0. The van der Waals surface area contributed by atoms with E-state index in [-0.39, 0.29) is 12.5 Å². The summed E-state index contributed by atoms with van der Waals surface area (Å²) in [5.74, 6) is -1.05. The van der Waals surface area contributed by atoms with E-state index in [2.05, 4.69) is 5.32 Å². The van der Waals surface area contributed by atoms with Crippen molar-refractivity contribution in [3.8, 4) is 0 Å². The minimum atomic E-state index is -0.974. The number of nitrogens with one attached hydrogen (secondary N) is 1. The summed E-state index contributed by atoms with van der Waals surface area (Å²) >= 11 is 0. The Hall–Kier alpha value is -1.39. The SMILES string of the molecule is CC(C)(C)C(=O)N1CC(=O)NC(=O)C1(C)C. The maximum Gasteiger partial charge on any atom is 0.252 e. The highest BCUT2D eigenvalue weighted by molar-refractivity contribution is 6.06. The van der Waals surface area contributed by atoms with Crippen molar-refractivity contribution in [3.05, 3.63) is 0 Å². The van der Waals surface area contributed by atoms with Crippen LogP contribution in [-0.2, 0) is 14.4 Å². The monoisotopic (exact) mass is 226 g/mol. The van der Waals surface area contributed by atoms with Crippen LogP contribution in [0.1, 0.15) is 34.6 Å². The minimum Gasteiger partial charge on any atom is -0.319 e. The van der Waals surface area contributed by atoms with E-state index in [4.69, 9.17) is 0 Å². The first kappa shape index (κ1) is 12.7. The second-order valence-electron chi connectivity index (χ2n) is 5.58. The van der Waals surface area contributed by atoms with Crippen molar-refractivity contribution in [2.24, 2.45) is 5.41 Å². The Morgan fingerprint density at radius 2 is 1.81 bits per heavy atom. The van der Waals surface area contributed by atoms with Gasteiger partial charge in [-0.15, -0.1) is 0 Å². The normalized spacial score (nSPS) is 20.7. The fraction of sp³-hybridized carbons (Fsp3) is 0.727. The van der Waals surface area contributed by atoms with Crippen LogP contribution in [0.2, 0.25) is 0 Å².